The molecule has 66 valence electrons. The average molecular weight is 168 g/mol. The molecule has 0 aliphatic carbocycles. The van der Waals surface area contributed by atoms with E-state index in [-0.39, 0.29) is 6.61 Å². The first-order chi connectivity index (χ1) is 5.77. The highest BCUT2D eigenvalue weighted by molar-refractivity contribution is 5.79. The topological polar surface area (TPSA) is 57.5 Å². The summed E-state index contributed by atoms with van der Waals surface area (Å²) in [4.78, 5) is 9.98. The zero-order valence-corrected chi connectivity index (χ0v) is 6.68. The van der Waals surface area contributed by atoms with E-state index >= 15 is 0 Å². The minimum absolute atomic E-state index is 0.0231. The van der Waals surface area contributed by atoms with Crippen LogP contribution in [-0.4, -0.2) is 22.8 Å². The molecule has 0 radical (unpaired) electrons. The number of hydrogen-bond donors (Lipinski definition) is 2. The highest BCUT2D eigenvalue weighted by atomic mass is 16.4. The van der Waals surface area contributed by atoms with Crippen LogP contribution in [0.25, 0.3) is 0 Å². The molecule has 0 aromatic rings. The molecule has 3 nitrogen and oxygen atoms in total. The van der Waals surface area contributed by atoms with Crippen molar-refractivity contribution in [2.24, 2.45) is 0 Å². The van der Waals surface area contributed by atoms with Crippen LogP contribution in [-0.2, 0) is 4.79 Å². The van der Waals surface area contributed by atoms with E-state index in [4.69, 9.17) is 10.2 Å². The SMILES string of the molecule is O=C(O)C=CCC=CC=CCO. The Morgan fingerprint density at radius 2 is 1.83 bits per heavy atom. The second kappa shape index (κ2) is 7.75. The van der Waals surface area contributed by atoms with E-state index in [0.717, 1.165) is 6.08 Å². The number of carboxylic acid groups (broad SMARTS) is 1. The van der Waals surface area contributed by atoms with Crippen LogP contribution in [0, 0.1) is 0 Å². The summed E-state index contributed by atoms with van der Waals surface area (Å²) < 4.78 is 0. The van der Waals surface area contributed by atoms with Crippen molar-refractivity contribution in [3.63, 3.8) is 0 Å². The first-order valence-electron chi connectivity index (χ1n) is 3.59. The maximum absolute atomic E-state index is 9.98. The molecule has 12 heavy (non-hydrogen) atoms. The molecular formula is C9H12O3. The summed E-state index contributed by atoms with van der Waals surface area (Å²) in [5.74, 6) is -0.936. The van der Waals surface area contributed by atoms with Crippen molar-refractivity contribution >= 4 is 5.97 Å². The van der Waals surface area contributed by atoms with E-state index in [1.807, 2.05) is 0 Å². The van der Waals surface area contributed by atoms with Gasteiger partial charge in [0.25, 0.3) is 0 Å². The molecule has 0 aromatic heterocycles. The van der Waals surface area contributed by atoms with E-state index < -0.39 is 5.97 Å². The summed E-state index contributed by atoms with van der Waals surface area (Å²) in [5, 5.41) is 16.5. The minimum atomic E-state index is -0.936. The van der Waals surface area contributed by atoms with Crippen molar-refractivity contribution in [1.29, 1.82) is 0 Å². The lowest BCUT2D eigenvalue weighted by molar-refractivity contribution is -0.131. The molecule has 0 atom stereocenters. The van der Waals surface area contributed by atoms with Gasteiger partial charge in [0.1, 0.15) is 0 Å². The van der Waals surface area contributed by atoms with Crippen molar-refractivity contribution in [3.05, 3.63) is 36.5 Å². The summed E-state index contributed by atoms with van der Waals surface area (Å²) in [6.07, 6.45) is 10.1. The normalized spacial score (nSPS) is 12.1. The van der Waals surface area contributed by atoms with E-state index in [1.165, 1.54) is 0 Å². The minimum Gasteiger partial charge on any atom is -0.478 e. The number of aliphatic hydroxyl groups is 1. The average Bonchev–Trinajstić information content (AvgIpc) is 2.02. The summed E-state index contributed by atoms with van der Waals surface area (Å²) in [7, 11) is 0. The zero-order chi connectivity index (χ0) is 9.23. The third-order valence-corrected chi connectivity index (χ3v) is 1.02. The number of rotatable bonds is 5. The van der Waals surface area contributed by atoms with Crippen LogP contribution in [0.4, 0.5) is 0 Å². The fraction of sp³-hybridized carbons (Fsp3) is 0.222. The number of carbonyl (C=O) groups is 1. The quantitative estimate of drug-likeness (QED) is 0.477. The molecule has 2 N–H and O–H groups in total. The molecule has 3 heteroatoms. The molecular weight excluding hydrogens is 156 g/mol. The molecule has 0 bridgehead atoms. The first kappa shape index (κ1) is 10.7. The number of aliphatic hydroxyl groups excluding tert-OH is 1. The summed E-state index contributed by atoms with van der Waals surface area (Å²) in [6.45, 7) is 0.0231. The van der Waals surface area contributed by atoms with Gasteiger partial charge in [-0.1, -0.05) is 30.4 Å². The van der Waals surface area contributed by atoms with Gasteiger partial charge in [0.2, 0.25) is 0 Å². The highest BCUT2D eigenvalue weighted by Gasteiger charge is 1.80. The molecule has 0 unspecified atom stereocenters. The molecule has 0 aromatic carbocycles. The first-order valence-corrected chi connectivity index (χ1v) is 3.59. The van der Waals surface area contributed by atoms with Gasteiger partial charge < -0.3 is 10.2 Å². The monoisotopic (exact) mass is 168 g/mol. The molecule has 0 rings (SSSR count). The predicted octanol–water partition coefficient (Wildman–Crippen LogP) is 1.12. The fourth-order valence-electron chi connectivity index (χ4n) is 0.544. The van der Waals surface area contributed by atoms with Gasteiger partial charge in [-0.25, -0.2) is 4.79 Å². The Balaban J connectivity index is 3.48. The van der Waals surface area contributed by atoms with Crippen molar-refractivity contribution in [2.75, 3.05) is 6.61 Å². The van der Waals surface area contributed by atoms with Crippen molar-refractivity contribution < 1.29 is 15.0 Å². The standard InChI is InChI=1S/C9H12O3/c10-8-6-4-2-1-3-5-7-9(11)12/h1-2,4-7,10H,3,8H2,(H,11,12). The Bertz CT molecular complexity index is 202. The molecule has 0 fully saturated rings. The Labute approximate surface area is 71.3 Å². The van der Waals surface area contributed by atoms with Crippen molar-refractivity contribution in [3.8, 4) is 0 Å². The second-order valence-electron chi connectivity index (χ2n) is 2.02. The van der Waals surface area contributed by atoms with Crippen LogP contribution in [0.15, 0.2) is 36.5 Å². The van der Waals surface area contributed by atoms with Crippen LogP contribution in [0.1, 0.15) is 6.42 Å². The Morgan fingerprint density at radius 1 is 1.17 bits per heavy atom. The third-order valence-electron chi connectivity index (χ3n) is 1.02. The molecule has 0 aliphatic heterocycles. The van der Waals surface area contributed by atoms with E-state index in [1.54, 1.807) is 30.4 Å². The summed E-state index contributed by atoms with van der Waals surface area (Å²) in [6, 6.07) is 0. The van der Waals surface area contributed by atoms with Gasteiger partial charge in [-0.15, -0.1) is 0 Å². The number of carboxylic acids is 1. The smallest absolute Gasteiger partial charge is 0.327 e. The van der Waals surface area contributed by atoms with Gasteiger partial charge in [-0.05, 0) is 6.42 Å². The van der Waals surface area contributed by atoms with Gasteiger partial charge in [0, 0.05) is 6.08 Å². The molecule has 0 spiro atoms. The van der Waals surface area contributed by atoms with Crippen molar-refractivity contribution in [1.82, 2.24) is 0 Å². The van der Waals surface area contributed by atoms with E-state index in [2.05, 4.69) is 0 Å². The van der Waals surface area contributed by atoms with E-state index in [9.17, 15) is 4.79 Å². The van der Waals surface area contributed by atoms with Gasteiger partial charge in [-0.3, -0.25) is 0 Å². The molecule has 0 saturated heterocycles. The lowest BCUT2D eigenvalue weighted by atomic mass is 10.3. The largest absolute Gasteiger partial charge is 0.478 e. The molecule has 0 aliphatic rings. The third kappa shape index (κ3) is 8.65. The molecule has 0 amide bonds. The second-order valence-corrected chi connectivity index (χ2v) is 2.02. The maximum Gasteiger partial charge on any atom is 0.327 e. The van der Waals surface area contributed by atoms with Crippen LogP contribution < -0.4 is 0 Å². The van der Waals surface area contributed by atoms with Crippen LogP contribution in [0.2, 0.25) is 0 Å². The molecule has 0 heterocycles. The highest BCUT2D eigenvalue weighted by Crippen LogP contribution is 1.86. The number of allylic oxidation sites excluding steroid dienone is 4. The lowest BCUT2D eigenvalue weighted by Gasteiger charge is -1.79. The summed E-state index contributed by atoms with van der Waals surface area (Å²) >= 11 is 0. The van der Waals surface area contributed by atoms with Crippen molar-refractivity contribution in [2.45, 2.75) is 6.42 Å². The van der Waals surface area contributed by atoms with Gasteiger partial charge in [-0.2, -0.15) is 0 Å². The Hall–Kier alpha value is -1.35. The maximum atomic E-state index is 9.98. The van der Waals surface area contributed by atoms with Gasteiger partial charge in [0.05, 0.1) is 6.61 Å². The van der Waals surface area contributed by atoms with E-state index in [0.29, 0.717) is 6.42 Å². The van der Waals surface area contributed by atoms with Crippen LogP contribution in [0.5, 0.6) is 0 Å². The Kier molecular flexibility index (Phi) is 6.88. The van der Waals surface area contributed by atoms with Gasteiger partial charge in [0.15, 0.2) is 0 Å². The van der Waals surface area contributed by atoms with Gasteiger partial charge >= 0.3 is 5.97 Å². The zero-order valence-electron chi connectivity index (χ0n) is 6.68. The molecule has 0 saturated carbocycles. The number of aliphatic carboxylic acids is 1. The van der Waals surface area contributed by atoms with Crippen LogP contribution in [0.3, 0.4) is 0 Å². The predicted molar refractivity (Wildman–Crippen MR) is 46.8 cm³/mol. The van der Waals surface area contributed by atoms with Crippen LogP contribution >= 0.6 is 0 Å². The summed E-state index contributed by atoms with van der Waals surface area (Å²) in [5.41, 5.74) is 0. The number of hydrogen-bond acceptors (Lipinski definition) is 2. The lowest BCUT2D eigenvalue weighted by Crippen LogP contribution is -1.84. The fourth-order valence-corrected chi connectivity index (χ4v) is 0.544. The Morgan fingerprint density at radius 3 is 2.42 bits per heavy atom.